The lowest BCUT2D eigenvalue weighted by atomic mass is 9.84. The number of carbonyl (C=O) groups is 3. The first kappa shape index (κ1) is 24.2. The maximum atomic E-state index is 12.8. The highest BCUT2D eigenvalue weighted by Crippen LogP contribution is 2.38. The van der Waals surface area contributed by atoms with Crippen LogP contribution in [0.3, 0.4) is 0 Å². The Balaban J connectivity index is 1.59. The first-order valence-electron chi connectivity index (χ1n) is 11.6. The highest BCUT2D eigenvalue weighted by atomic mass is 16.6. The summed E-state index contributed by atoms with van der Waals surface area (Å²) in [6, 6.07) is 17.5. The molecule has 0 saturated carbocycles. The monoisotopic (exact) mass is 472 g/mol. The third-order valence-electron chi connectivity index (χ3n) is 6.36. The number of allylic oxidation sites excluding steroid dienone is 1. The van der Waals surface area contributed by atoms with Gasteiger partial charge in [-0.15, -0.1) is 0 Å². The number of esters is 3. The van der Waals surface area contributed by atoms with Crippen molar-refractivity contribution < 1.29 is 28.6 Å². The van der Waals surface area contributed by atoms with E-state index in [1.54, 1.807) is 48.5 Å². The molecule has 2 aromatic rings. The van der Waals surface area contributed by atoms with E-state index >= 15 is 0 Å². The van der Waals surface area contributed by atoms with Crippen molar-refractivity contribution in [3.63, 3.8) is 0 Å². The van der Waals surface area contributed by atoms with E-state index in [-0.39, 0.29) is 12.0 Å². The zero-order chi connectivity index (χ0) is 24.9. The summed E-state index contributed by atoms with van der Waals surface area (Å²) in [7, 11) is 0. The van der Waals surface area contributed by atoms with Crippen LogP contribution in [-0.4, -0.2) is 36.2 Å². The normalized spacial score (nSPS) is 26.1. The molecule has 0 bridgehead atoms. The molecule has 1 saturated heterocycles. The average Bonchev–Trinajstić information content (AvgIpc) is 3.14. The molecule has 0 N–H and O–H groups in total. The number of rotatable bonds is 4. The van der Waals surface area contributed by atoms with Gasteiger partial charge >= 0.3 is 17.9 Å². The van der Waals surface area contributed by atoms with Gasteiger partial charge in [0.05, 0.1) is 17.0 Å². The predicted molar refractivity (Wildman–Crippen MR) is 131 cm³/mol. The highest BCUT2D eigenvalue weighted by molar-refractivity contribution is 5.92. The molecular weight excluding hydrogens is 444 g/mol. The molecule has 0 amide bonds. The third-order valence-corrected chi connectivity index (χ3v) is 6.36. The minimum Gasteiger partial charge on any atom is -0.458 e. The van der Waals surface area contributed by atoms with Gasteiger partial charge in [0.2, 0.25) is 0 Å². The number of benzene rings is 2. The average molecular weight is 473 g/mol. The fraction of sp³-hybridized carbons (Fsp3) is 0.276. The lowest BCUT2D eigenvalue weighted by molar-refractivity contribution is -0.139. The van der Waals surface area contributed by atoms with Gasteiger partial charge < -0.3 is 14.2 Å². The van der Waals surface area contributed by atoms with Crippen LogP contribution in [0, 0.1) is 5.92 Å². The summed E-state index contributed by atoms with van der Waals surface area (Å²) in [5.41, 5.74) is 2.68. The predicted octanol–water partition coefficient (Wildman–Crippen LogP) is 5.22. The van der Waals surface area contributed by atoms with Crippen molar-refractivity contribution in [1.29, 1.82) is 0 Å². The SMILES string of the molecule is C=C1C(=O)O[C@@H]2CC(=C)[C@H](OC(=O)c3ccccc3)CC/C(C)=C\[C@H](OC(=O)c3ccccc3)[C@@H]12. The van der Waals surface area contributed by atoms with E-state index in [4.69, 9.17) is 14.2 Å². The number of hydrogen-bond acceptors (Lipinski definition) is 6. The fourth-order valence-corrected chi connectivity index (χ4v) is 4.43. The second-order valence-corrected chi connectivity index (χ2v) is 8.90. The Bertz CT molecular complexity index is 1160. The molecule has 4 rings (SSSR count). The largest absolute Gasteiger partial charge is 0.458 e. The minimum atomic E-state index is -0.733. The first-order valence-corrected chi connectivity index (χ1v) is 11.6. The summed E-state index contributed by atoms with van der Waals surface area (Å²) in [4.78, 5) is 38.0. The van der Waals surface area contributed by atoms with Crippen molar-refractivity contribution in [3.8, 4) is 0 Å². The molecular formula is C29H28O6. The summed E-state index contributed by atoms with van der Waals surface area (Å²) < 4.78 is 17.3. The quantitative estimate of drug-likeness (QED) is 0.263. The summed E-state index contributed by atoms with van der Waals surface area (Å²) >= 11 is 0. The molecule has 1 heterocycles. The van der Waals surface area contributed by atoms with E-state index in [0.717, 1.165) is 5.57 Å². The first-order chi connectivity index (χ1) is 16.8. The Labute approximate surface area is 204 Å². The highest BCUT2D eigenvalue weighted by Gasteiger charge is 2.45. The van der Waals surface area contributed by atoms with Gasteiger partial charge in [0.15, 0.2) is 0 Å². The summed E-state index contributed by atoms with van der Waals surface area (Å²) in [6.07, 6.45) is 1.26. The summed E-state index contributed by atoms with van der Waals surface area (Å²) in [5.74, 6) is -2.03. The van der Waals surface area contributed by atoms with Gasteiger partial charge in [0, 0.05) is 12.0 Å². The van der Waals surface area contributed by atoms with Crippen LogP contribution in [0.15, 0.2) is 96.6 Å². The Morgan fingerprint density at radius 3 is 2.09 bits per heavy atom. The molecule has 0 radical (unpaired) electrons. The molecule has 4 atom stereocenters. The van der Waals surface area contributed by atoms with Gasteiger partial charge in [-0.05, 0) is 55.7 Å². The molecule has 6 nitrogen and oxygen atoms in total. The molecule has 1 aliphatic heterocycles. The van der Waals surface area contributed by atoms with E-state index in [2.05, 4.69) is 13.2 Å². The molecule has 2 aliphatic rings. The Morgan fingerprint density at radius 1 is 0.914 bits per heavy atom. The van der Waals surface area contributed by atoms with E-state index < -0.39 is 42.1 Å². The number of hydrogen-bond donors (Lipinski definition) is 0. The van der Waals surface area contributed by atoms with E-state index in [1.807, 2.05) is 25.1 Å². The molecule has 35 heavy (non-hydrogen) atoms. The van der Waals surface area contributed by atoms with Gasteiger partial charge in [-0.2, -0.15) is 0 Å². The summed E-state index contributed by atoms with van der Waals surface area (Å²) in [5, 5.41) is 0. The zero-order valence-corrected chi connectivity index (χ0v) is 19.6. The fourth-order valence-electron chi connectivity index (χ4n) is 4.43. The second kappa shape index (κ2) is 10.6. The lowest BCUT2D eigenvalue weighted by Gasteiger charge is -2.29. The van der Waals surface area contributed by atoms with E-state index in [9.17, 15) is 14.4 Å². The smallest absolute Gasteiger partial charge is 0.338 e. The topological polar surface area (TPSA) is 78.9 Å². The van der Waals surface area contributed by atoms with Gasteiger partial charge in [-0.3, -0.25) is 0 Å². The second-order valence-electron chi connectivity index (χ2n) is 8.90. The molecule has 0 unspecified atom stereocenters. The molecule has 0 spiro atoms. The summed E-state index contributed by atoms with van der Waals surface area (Å²) in [6.45, 7) is 10.00. The van der Waals surface area contributed by atoms with Crippen molar-refractivity contribution >= 4 is 17.9 Å². The van der Waals surface area contributed by atoms with Gasteiger partial charge in [0.1, 0.15) is 18.3 Å². The number of ether oxygens (including phenoxy) is 3. The maximum absolute atomic E-state index is 12.8. The van der Waals surface area contributed by atoms with Crippen molar-refractivity contribution in [2.24, 2.45) is 5.92 Å². The van der Waals surface area contributed by atoms with Crippen molar-refractivity contribution in [2.45, 2.75) is 44.5 Å². The minimum absolute atomic E-state index is 0.246. The molecule has 6 heteroatoms. The molecule has 0 aromatic heterocycles. The van der Waals surface area contributed by atoms with Crippen LogP contribution in [-0.2, 0) is 19.0 Å². The number of carbonyl (C=O) groups excluding carboxylic acids is 3. The van der Waals surface area contributed by atoms with Crippen molar-refractivity contribution in [1.82, 2.24) is 0 Å². The van der Waals surface area contributed by atoms with Crippen LogP contribution in [0.1, 0.15) is 46.9 Å². The van der Waals surface area contributed by atoms with Gasteiger partial charge in [-0.25, -0.2) is 14.4 Å². The van der Waals surface area contributed by atoms with E-state index in [1.165, 1.54) is 0 Å². The molecule has 180 valence electrons. The van der Waals surface area contributed by atoms with Gasteiger partial charge in [-0.1, -0.05) is 55.1 Å². The Hall–Kier alpha value is -3.93. The van der Waals surface area contributed by atoms with Crippen LogP contribution in [0.5, 0.6) is 0 Å². The third kappa shape index (κ3) is 5.60. The van der Waals surface area contributed by atoms with Crippen LogP contribution in [0.2, 0.25) is 0 Å². The van der Waals surface area contributed by atoms with Crippen LogP contribution >= 0.6 is 0 Å². The van der Waals surface area contributed by atoms with Crippen LogP contribution in [0.4, 0.5) is 0 Å². The molecule has 2 aromatic carbocycles. The van der Waals surface area contributed by atoms with Crippen LogP contribution < -0.4 is 0 Å². The van der Waals surface area contributed by atoms with Crippen molar-refractivity contribution in [3.05, 3.63) is 108 Å². The Morgan fingerprint density at radius 2 is 1.49 bits per heavy atom. The number of fused-ring (bicyclic) bond motifs is 1. The lowest BCUT2D eigenvalue weighted by Crippen LogP contribution is -2.34. The van der Waals surface area contributed by atoms with Crippen LogP contribution in [0.25, 0.3) is 0 Å². The maximum Gasteiger partial charge on any atom is 0.338 e. The molecule has 1 fully saturated rings. The zero-order valence-electron chi connectivity index (χ0n) is 19.6. The standard InChI is InChI=1S/C29H28O6/c1-18-14-15-23(33-28(31)21-10-6-4-7-11-21)19(2)17-25-26(20(3)27(30)34-25)24(16-18)35-29(32)22-12-8-5-9-13-22/h4-13,16,23-26H,2-3,14-15,17H2,1H3/b18-16-/t23-,24+,25-,26-/m1/s1. The van der Waals surface area contributed by atoms with Crippen molar-refractivity contribution in [2.75, 3.05) is 0 Å². The molecule has 1 aliphatic carbocycles. The van der Waals surface area contributed by atoms with E-state index in [0.29, 0.717) is 29.5 Å². The Kier molecular flexibility index (Phi) is 7.30. The van der Waals surface area contributed by atoms with Gasteiger partial charge in [0.25, 0.3) is 0 Å².